The van der Waals surface area contributed by atoms with Crippen molar-refractivity contribution in [1.82, 2.24) is 20.1 Å². The highest BCUT2D eigenvalue weighted by Crippen LogP contribution is 2.52. The van der Waals surface area contributed by atoms with Crippen LogP contribution in [-0.2, 0) is 23.3 Å². The Hall–Kier alpha value is -3.47. The molecule has 2 aromatic heterocycles. The number of halogens is 2. The molecule has 1 fully saturated rings. The second-order valence-electron chi connectivity index (χ2n) is 9.19. The number of anilines is 1. The highest BCUT2D eigenvalue weighted by Gasteiger charge is 2.60. The van der Waals surface area contributed by atoms with Crippen LogP contribution in [0.2, 0.25) is 0 Å². The van der Waals surface area contributed by atoms with Crippen molar-refractivity contribution in [3.8, 4) is 0 Å². The molecule has 2 N–H and O–H groups in total. The van der Waals surface area contributed by atoms with E-state index in [0.717, 1.165) is 23.3 Å². The summed E-state index contributed by atoms with van der Waals surface area (Å²) in [6.07, 6.45) is 0.0178. The number of rotatable bonds is 6. The van der Waals surface area contributed by atoms with Crippen LogP contribution in [0.25, 0.3) is 0 Å². The Balaban J connectivity index is 1.43. The van der Waals surface area contributed by atoms with Crippen LogP contribution in [0.5, 0.6) is 0 Å². The van der Waals surface area contributed by atoms with Gasteiger partial charge in [-0.3, -0.25) is 14.4 Å². The summed E-state index contributed by atoms with van der Waals surface area (Å²) in [7, 11) is 0. The lowest BCUT2D eigenvalue weighted by atomic mass is 9.73. The molecule has 0 radical (unpaired) electrons. The topological polar surface area (TPSA) is 106 Å². The van der Waals surface area contributed by atoms with Gasteiger partial charge in [0.2, 0.25) is 0 Å². The number of aromatic nitrogens is 3. The van der Waals surface area contributed by atoms with Gasteiger partial charge in [-0.05, 0) is 44.4 Å². The molecule has 0 unspecified atom stereocenters. The average molecular weight is 500 g/mol. The molecular weight excluding hydrogens is 476 g/mol. The first-order valence-corrected chi connectivity index (χ1v) is 12.1. The molecule has 2 aliphatic rings. The highest BCUT2D eigenvalue weighted by molar-refractivity contribution is 7.09. The van der Waals surface area contributed by atoms with Crippen LogP contribution in [0.15, 0.2) is 29.8 Å². The number of nitrogens with zero attached hydrogens (tertiary/aromatic N) is 3. The lowest BCUT2D eigenvalue weighted by molar-refractivity contribution is -0.147. The van der Waals surface area contributed by atoms with E-state index in [2.05, 4.69) is 20.8 Å². The quantitative estimate of drug-likeness (QED) is 0.397. The zero-order valence-corrected chi connectivity index (χ0v) is 20.0. The Kier molecular flexibility index (Phi) is 5.54. The van der Waals surface area contributed by atoms with Crippen molar-refractivity contribution in [1.29, 1.82) is 0 Å². The molecule has 0 bridgehead atoms. The first-order chi connectivity index (χ1) is 16.6. The molecule has 1 aliphatic carbocycles. The number of fused-ring (bicyclic) bond motifs is 1. The lowest BCUT2D eigenvalue weighted by Gasteiger charge is -2.45. The predicted molar refractivity (Wildman–Crippen MR) is 125 cm³/mol. The van der Waals surface area contributed by atoms with Gasteiger partial charge in [0.05, 0.1) is 11.3 Å². The minimum atomic E-state index is -2.96. The fourth-order valence-corrected chi connectivity index (χ4v) is 5.74. The van der Waals surface area contributed by atoms with Crippen LogP contribution in [0.1, 0.15) is 61.9 Å². The summed E-state index contributed by atoms with van der Waals surface area (Å²) in [5, 5.41) is 13.2. The molecule has 1 aromatic carbocycles. The Bertz CT molecular complexity index is 1320. The molecule has 1 saturated carbocycles. The SMILES string of the molecule is Cc1ccc(NC(=O)c2c(C)c(C(=O)C(=O)NC3(c4nncs4)CC(F)(F)C3)n3c2CCC3)cc1. The summed E-state index contributed by atoms with van der Waals surface area (Å²) < 4.78 is 29.3. The van der Waals surface area contributed by atoms with Crippen LogP contribution in [0.3, 0.4) is 0 Å². The molecule has 182 valence electrons. The zero-order chi connectivity index (χ0) is 25.0. The smallest absolute Gasteiger partial charge is 0.294 e. The van der Waals surface area contributed by atoms with E-state index in [1.807, 2.05) is 19.1 Å². The average Bonchev–Trinajstić information content (AvgIpc) is 3.51. The second kappa shape index (κ2) is 8.33. The molecule has 11 heteroatoms. The summed E-state index contributed by atoms with van der Waals surface area (Å²) in [6, 6.07) is 7.34. The fourth-order valence-electron chi connectivity index (χ4n) is 5.03. The number of benzene rings is 1. The minimum absolute atomic E-state index is 0.113. The predicted octanol–water partition coefficient (Wildman–Crippen LogP) is 3.78. The van der Waals surface area contributed by atoms with E-state index in [9.17, 15) is 23.2 Å². The van der Waals surface area contributed by atoms with E-state index < -0.39 is 36.0 Å². The molecule has 3 heterocycles. The Morgan fingerprint density at radius 2 is 1.83 bits per heavy atom. The number of Topliss-reactive ketones (excluding diaryl/α,β-unsaturated/α-hetero) is 1. The molecule has 1 aliphatic heterocycles. The van der Waals surface area contributed by atoms with Gasteiger partial charge in [-0.2, -0.15) is 0 Å². The highest BCUT2D eigenvalue weighted by atomic mass is 32.1. The number of nitrogens with one attached hydrogen (secondary N) is 2. The fraction of sp³-hybridized carbons (Fsp3) is 0.375. The summed E-state index contributed by atoms with van der Waals surface area (Å²) in [5.74, 6) is -5.19. The number of carbonyl (C=O) groups is 3. The number of carbonyl (C=O) groups excluding carboxylic acids is 3. The second-order valence-corrected chi connectivity index (χ2v) is 10.0. The van der Waals surface area contributed by atoms with Gasteiger partial charge in [-0.25, -0.2) is 8.78 Å². The number of aryl methyl sites for hydroxylation is 1. The van der Waals surface area contributed by atoms with Crippen LogP contribution in [0.4, 0.5) is 14.5 Å². The molecule has 2 amide bonds. The van der Waals surface area contributed by atoms with Gasteiger partial charge >= 0.3 is 0 Å². The lowest BCUT2D eigenvalue weighted by Crippen LogP contribution is -2.61. The summed E-state index contributed by atoms with van der Waals surface area (Å²) >= 11 is 1.05. The van der Waals surface area contributed by atoms with Crippen molar-refractivity contribution in [3.05, 3.63) is 62.9 Å². The third-order valence-corrected chi connectivity index (χ3v) is 7.51. The number of hydrogen-bond acceptors (Lipinski definition) is 6. The molecule has 5 rings (SSSR count). The van der Waals surface area contributed by atoms with Crippen LogP contribution >= 0.6 is 11.3 Å². The first kappa shape index (κ1) is 23.3. The van der Waals surface area contributed by atoms with Crippen molar-refractivity contribution in [2.75, 3.05) is 5.32 Å². The molecule has 3 aromatic rings. The van der Waals surface area contributed by atoms with E-state index in [-0.39, 0.29) is 16.6 Å². The van der Waals surface area contributed by atoms with Gasteiger partial charge in [0.1, 0.15) is 16.1 Å². The zero-order valence-electron chi connectivity index (χ0n) is 19.2. The molecule has 0 atom stereocenters. The van der Waals surface area contributed by atoms with Crippen LogP contribution in [0, 0.1) is 13.8 Å². The summed E-state index contributed by atoms with van der Waals surface area (Å²) in [5.41, 5.74) is 3.20. The minimum Gasteiger partial charge on any atom is -0.341 e. The number of amides is 2. The maximum Gasteiger partial charge on any atom is 0.294 e. The van der Waals surface area contributed by atoms with Gasteiger partial charge in [0.25, 0.3) is 23.5 Å². The van der Waals surface area contributed by atoms with E-state index >= 15 is 0 Å². The maximum atomic E-state index is 13.8. The maximum absolute atomic E-state index is 13.8. The largest absolute Gasteiger partial charge is 0.341 e. The van der Waals surface area contributed by atoms with Crippen molar-refractivity contribution in [3.63, 3.8) is 0 Å². The van der Waals surface area contributed by atoms with Gasteiger partial charge in [0.15, 0.2) is 0 Å². The van der Waals surface area contributed by atoms with Gasteiger partial charge in [-0.15, -0.1) is 21.5 Å². The van der Waals surface area contributed by atoms with E-state index in [4.69, 9.17) is 0 Å². The number of alkyl halides is 2. The third kappa shape index (κ3) is 4.03. The molecule has 0 spiro atoms. The van der Waals surface area contributed by atoms with Crippen molar-refractivity contribution >= 4 is 34.6 Å². The van der Waals surface area contributed by atoms with E-state index in [1.54, 1.807) is 23.6 Å². The van der Waals surface area contributed by atoms with Crippen LogP contribution in [-0.4, -0.2) is 38.3 Å². The monoisotopic (exact) mass is 499 g/mol. The van der Waals surface area contributed by atoms with Gasteiger partial charge in [-0.1, -0.05) is 17.7 Å². The van der Waals surface area contributed by atoms with E-state index in [0.29, 0.717) is 35.5 Å². The first-order valence-electron chi connectivity index (χ1n) is 11.2. The molecule has 0 saturated heterocycles. The van der Waals surface area contributed by atoms with Crippen molar-refractivity contribution < 1.29 is 23.2 Å². The standard InChI is InChI=1S/C24H23F2N5O3S/c1-13-5-7-15(8-6-13)28-20(33)17-14(2)18(31-9-3-4-16(17)31)19(32)21(34)29-23(10-24(25,26)11-23)22-30-27-12-35-22/h5-8,12H,3-4,9-11H2,1-2H3,(H,28,33)(H,29,34). The van der Waals surface area contributed by atoms with Crippen molar-refractivity contribution in [2.24, 2.45) is 0 Å². The summed E-state index contributed by atoms with van der Waals surface area (Å²) in [6.45, 7) is 4.06. The number of hydrogen-bond donors (Lipinski definition) is 2. The third-order valence-electron chi connectivity index (χ3n) is 6.61. The van der Waals surface area contributed by atoms with Gasteiger partial charge in [0, 0.05) is 30.8 Å². The van der Waals surface area contributed by atoms with Gasteiger partial charge < -0.3 is 15.2 Å². The Morgan fingerprint density at radius 1 is 1.11 bits per heavy atom. The summed E-state index contributed by atoms with van der Waals surface area (Å²) in [4.78, 5) is 39.5. The molecule has 35 heavy (non-hydrogen) atoms. The van der Waals surface area contributed by atoms with E-state index in [1.165, 1.54) is 5.51 Å². The Morgan fingerprint density at radius 3 is 2.46 bits per heavy atom. The Labute approximate surface area is 203 Å². The van der Waals surface area contributed by atoms with Crippen LogP contribution < -0.4 is 10.6 Å². The molecular formula is C24H23F2N5O3S. The number of ketones is 1. The van der Waals surface area contributed by atoms with Crippen molar-refractivity contribution in [2.45, 2.75) is 57.5 Å². The molecule has 8 nitrogen and oxygen atoms in total. The normalized spacial score (nSPS) is 17.4.